The van der Waals surface area contributed by atoms with Crippen LogP contribution in [0.4, 0.5) is 4.39 Å². The standard InChI is InChI=1S/C15H18FNO3/c1-10(9-11-4-6-12(16)7-5-11)14(18)17-8-2-3-13(17)15(19)20/h4-7,10,13H,2-3,8-9H2,1H3,(H,19,20)/t10-,13+/m1/s1. The summed E-state index contributed by atoms with van der Waals surface area (Å²) in [6.07, 6.45) is 1.73. The summed E-state index contributed by atoms with van der Waals surface area (Å²) in [6, 6.07) is 5.33. The number of carbonyl (C=O) groups excluding carboxylic acids is 1. The molecule has 1 aromatic carbocycles. The fourth-order valence-electron chi connectivity index (χ4n) is 2.63. The summed E-state index contributed by atoms with van der Waals surface area (Å²) >= 11 is 0. The average molecular weight is 279 g/mol. The number of hydrogen-bond acceptors (Lipinski definition) is 2. The number of halogens is 1. The molecule has 4 nitrogen and oxygen atoms in total. The van der Waals surface area contributed by atoms with E-state index in [1.54, 1.807) is 19.1 Å². The first-order valence-corrected chi connectivity index (χ1v) is 6.76. The lowest BCUT2D eigenvalue weighted by atomic mass is 9.99. The summed E-state index contributed by atoms with van der Waals surface area (Å²) in [5, 5.41) is 9.10. The van der Waals surface area contributed by atoms with E-state index in [1.165, 1.54) is 17.0 Å². The van der Waals surface area contributed by atoms with Crippen molar-refractivity contribution >= 4 is 11.9 Å². The van der Waals surface area contributed by atoms with Gasteiger partial charge in [0, 0.05) is 12.5 Å². The minimum Gasteiger partial charge on any atom is -0.480 e. The molecule has 0 aromatic heterocycles. The molecule has 1 amide bonds. The van der Waals surface area contributed by atoms with E-state index in [1.807, 2.05) is 0 Å². The first-order valence-electron chi connectivity index (χ1n) is 6.76. The van der Waals surface area contributed by atoms with Gasteiger partial charge in [0.2, 0.25) is 5.91 Å². The maximum absolute atomic E-state index is 12.8. The molecular weight excluding hydrogens is 261 g/mol. The second kappa shape index (κ2) is 6.03. The van der Waals surface area contributed by atoms with Crippen LogP contribution in [0.3, 0.4) is 0 Å². The number of carbonyl (C=O) groups is 2. The van der Waals surface area contributed by atoms with Crippen molar-refractivity contribution in [2.75, 3.05) is 6.54 Å². The van der Waals surface area contributed by atoms with Gasteiger partial charge in [0.25, 0.3) is 0 Å². The normalized spacial score (nSPS) is 19.9. The average Bonchev–Trinajstić information content (AvgIpc) is 2.90. The molecule has 0 bridgehead atoms. The number of aliphatic carboxylic acids is 1. The molecule has 1 aromatic rings. The van der Waals surface area contributed by atoms with Gasteiger partial charge in [0.05, 0.1) is 0 Å². The lowest BCUT2D eigenvalue weighted by molar-refractivity contribution is -0.149. The van der Waals surface area contributed by atoms with Crippen molar-refractivity contribution < 1.29 is 19.1 Å². The molecule has 5 heteroatoms. The van der Waals surface area contributed by atoms with Crippen molar-refractivity contribution in [1.29, 1.82) is 0 Å². The number of rotatable bonds is 4. The van der Waals surface area contributed by atoms with Crippen LogP contribution in [0.1, 0.15) is 25.3 Å². The Morgan fingerprint density at radius 2 is 2.05 bits per heavy atom. The van der Waals surface area contributed by atoms with E-state index in [2.05, 4.69) is 0 Å². The van der Waals surface area contributed by atoms with Crippen LogP contribution in [0.25, 0.3) is 0 Å². The second-order valence-electron chi connectivity index (χ2n) is 5.26. The predicted octanol–water partition coefficient (Wildman–Crippen LogP) is 2.08. The Kier molecular flexibility index (Phi) is 4.37. The molecule has 20 heavy (non-hydrogen) atoms. The molecule has 0 saturated carbocycles. The highest BCUT2D eigenvalue weighted by Gasteiger charge is 2.35. The summed E-state index contributed by atoms with van der Waals surface area (Å²) in [5.41, 5.74) is 0.873. The van der Waals surface area contributed by atoms with E-state index in [0.29, 0.717) is 19.4 Å². The third kappa shape index (κ3) is 3.15. The van der Waals surface area contributed by atoms with Gasteiger partial charge in [-0.2, -0.15) is 0 Å². The zero-order chi connectivity index (χ0) is 14.7. The van der Waals surface area contributed by atoms with Crippen LogP contribution in [0.5, 0.6) is 0 Å². The number of likely N-dealkylation sites (tertiary alicyclic amines) is 1. The predicted molar refractivity (Wildman–Crippen MR) is 71.6 cm³/mol. The van der Waals surface area contributed by atoms with Crippen LogP contribution in [-0.4, -0.2) is 34.5 Å². The Morgan fingerprint density at radius 1 is 1.40 bits per heavy atom. The van der Waals surface area contributed by atoms with E-state index in [4.69, 9.17) is 5.11 Å². The summed E-state index contributed by atoms with van der Waals surface area (Å²) in [6.45, 7) is 2.28. The molecule has 0 aliphatic carbocycles. The monoisotopic (exact) mass is 279 g/mol. The summed E-state index contributed by atoms with van der Waals surface area (Å²) in [7, 11) is 0. The van der Waals surface area contributed by atoms with E-state index in [9.17, 15) is 14.0 Å². The SMILES string of the molecule is C[C@H](Cc1ccc(F)cc1)C(=O)N1CCC[C@H]1C(=O)O. The number of carboxylic acids is 1. The Hall–Kier alpha value is -1.91. The van der Waals surface area contributed by atoms with Crippen LogP contribution in [0.15, 0.2) is 24.3 Å². The zero-order valence-corrected chi connectivity index (χ0v) is 11.4. The van der Waals surface area contributed by atoms with Crippen molar-refractivity contribution in [3.63, 3.8) is 0 Å². The third-order valence-electron chi connectivity index (χ3n) is 3.70. The van der Waals surface area contributed by atoms with Crippen molar-refractivity contribution in [1.82, 2.24) is 4.90 Å². The van der Waals surface area contributed by atoms with Crippen LogP contribution in [0, 0.1) is 11.7 Å². The summed E-state index contributed by atoms with van der Waals surface area (Å²) in [5.74, 6) is -1.69. The number of hydrogen-bond donors (Lipinski definition) is 1. The van der Waals surface area contributed by atoms with Gasteiger partial charge >= 0.3 is 5.97 Å². The molecule has 1 aliphatic rings. The van der Waals surface area contributed by atoms with Gasteiger partial charge in [-0.05, 0) is 37.0 Å². The largest absolute Gasteiger partial charge is 0.480 e. The van der Waals surface area contributed by atoms with Gasteiger partial charge in [0.15, 0.2) is 0 Å². The smallest absolute Gasteiger partial charge is 0.326 e. The van der Waals surface area contributed by atoms with Crippen molar-refractivity contribution in [2.45, 2.75) is 32.2 Å². The first kappa shape index (κ1) is 14.5. The molecule has 2 atom stereocenters. The second-order valence-corrected chi connectivity index (χ2v) is 5.26. The molecule has 108 valence electrons. The zero-order valence-electron chi connectivity index (χ0n) is 11.4. The summed E-state index contributed by atoms with van der Waals surface area (Å²) < 4.78 is 12.8. The van der Waals surface area contributed by atoms with Gasteiger partial charge in [-0.1, -0.05) is 19.1 Å². The van der Waals surface area contributed by atoms with Gasteiger partial charge in [0.1, 0.15) is 11.9 Å². The maximum Gasteiger partial charge on any atom is 0.326 e. The van der Waals surface area contributed by atoms with E-state index >= 15 is 0 Å². The molecule has 2 rings (SSSR count). The molecule has 1 fully saturated rings. The van der Waals surface area contributed by atoms with Gasteiger partial charge in [-0.15, -0.1) is 0 Å². The number of benzene rings is 1. The van der Waals surface area contributed by atoms with E-state index in [0.717, 1.165) is 12.0 Å². The highest BCUT2D eigenvalue weighted by atomic mass is 19.1. The van der Waals surface area contributed by atoms with E-state index < -0.39 is 12.0 Å². The molecule has 0 radical (unpaired) electrons. The maximum atomic E-state index is 12.8. The molecule has 1 heterocycles. The first-order chi connectivity index (χ1) is 9.49. The highest BCUT2D eigenvalue weighted by Crippen LogP contribution is 2.21. The Balaban J connectivity index is 2.01. The fraction of sp³-hybridized carbons (Fsp3) is 0.467. The molecule has 1 N–H and O–H groups in total. The lowest BCUT2D eigenvalue weighted by Gasteiger charge is -2.25. The molecule has 0 unspecified atom stereocenters. The molecule has 1 aliphatic heterocycles. The molecular formula is C15H18FNO3. The Morgan fingerprint density at radius 3 is 2.65 bits per heavy atom. The lowest BCUT2D eigenvalue weighted by Crippen LogP contribution is -2.43. The van der Waals surface area contributed by atoms with Crippen LogP contribution < -0.4 is 0 Å². The molecule has 0 spiro atoms. The fourth-order valence-corrected chi connectivity index (χ4v) is 2.63. The van der Waals surface area contributed by atoms with Crippen LogP contribution >= 0.6 is 0 Å². The number of amides is 1. The van der Waals surface area contributed by atoms with Crippen LogP contribution in [0.2, 0.25) is 0 Å². The minimum absolute atomic E-state index is 0.140. The van der Waals surface area contributed by atoms with Gasteiger partial charge < -0.3 is 10.0 Å². The summed E-state index contributed by atoms with van der Waals surface area (Å²) in [4.78, 5) is 24.9. The number of nitrogens with zero attached hydrogens (tertiary/aromatic N) is 1. The highest BCUT2D eigenvalue weighted by molar-refractivity contribution is 5.85. The van der Waals surface area contributed by atoms with Gasteiger partial charge in [-0.3, -0.25) is 4.79 Å². The van der Waals surface area contributed by atoms with Crippen LogP contribution in [-0.2, 0) is 16.0 Å². The Labute approximate surface area is 117 Å². The third-order valence-corrected chi connectivity index (χ3v) is 3.70. The van der Waals surface area contributed by atoms with Gasteiger partial charge in [-0.25, -0.2) is 9.18 Å². The minimum atomic E-state index is -0.940. The van der Waals surface area contributed by atoms with E-state index in [-0.39, 0.29) is 17.6 Å². The van der Waals surface area contributed by atoms with Crippen molar-refractivity contribution in [2.24, 2.45) is 5.92 Å². The quantitative estimate of drug-likeness (QED) is 0.918. The van der Waals surface area contributed by atoms with Crippen molar-refractivity contribution in [3.05, 3.63) is 35.6 Å². The van der Waals surface area contributed by atoms with Crippen molar-refractivity contribution in [3.8, 4) is 0 Å². The number of carboxylic acid groups (broad SMARTS) is 1. The Bertz CT molecular complexity index is 500. The molecule has 1 saturated heterocycles. The topological polar surface area (TPSA) is 57.6 Å².